The molecule has 0 bridgehead atoms. The Morgan fingerprint density at radius 3 is 2.66 bits per heavy atom. The fraction of sp³-hybridized carbons (Fsp3) is 0.211. The number of rotatable bonds is 5. The van der Waals surface area contributed by atoms with Gasteiger partial charge in [-0.1, -0.05) is 0 Å². The number of pyridine rings is 1. The molecule has 3 heterocycles. The summed E-state index contributed by atoms with van der Waals surface area (Å²) in [7, 11) is 3.04. The molecule has 29 heavy (non-hydrogen) atoms. The fourth-order valence-electron chi connectivity index (χ4n) is 3.17. The molecule has 1 amide bonds. The predicted octanol–water partition coefficient (Wildman–Crippen LogP) is 1.40. The smallest absolute Gasteiger partial charge is 0.297 e. The highest BCUT2D eigenvalue weighted by molar-refractivity contribution is 5.92. The number of anilines is 1. The Kier molecular flexibility index (Phi) is 4.59. The molecule has 0 atom stereocenters. The van der Waals surface area contributed by atoms with Crippen LogP contribution in [0.5, 0.6) is 11.5 Å². The maximum atomic E-state index is 12.9. The van der Waals surface area contributed by atoms with Gasteiger partial charge in [0, 0.05) is 18.0 Å². The molecule has 0 saturated heterocycles. The Balaban J connectivity index is 1.71. The fourth-order valence-corrected chi connectivity index (χ4v) is 3.17. The number of aryl methyl sites for hydroxylation is 1. The molecular weight excluding hydrogens is 376 g/mol. The molecule has 4 rings (SSSR count). The number of aromatic nitrogens is 5. The third kappa shape index (κ3) is 3.14. The summed E-state index contributed by atoms with van der Waals surface area (Å²) in [5.41, 5.74) is 1.22. The Bertz CT molecular complexity index is 1290. The van der Waals surface area contributed by atoms with E-state index in [-0.39, 0.29) is 18.1 Å². The van der Waals surface area contributed by atoms with Gasteiger partial charge >= 0.3 is 0 Å². The van der Waals surface area contributed by atoms with Crippen molar-refractivity contribution >= 4 is 28.4 Å². The van der Waals surface area contributed by atoms with E-state index in [1.807, 2.05) is 0 Å². The van der Waals surface area contributed by atoms with E-state index in [9.17, 15) is 9.59 Å². The summed E-state index contributed by atoms with van der Waals surface area (Å²) in [6.07, 6.45) is 1.61. The van der Waals surface area contributed by atoms with Crippen molar-refractivity contribution in [3.8, 4) is 11.5 Å². The van der Waals surface area contributed by atoms with Gasteiger partial charge in [-0.3, -0.25) is 18.6 Å². The van der Waals surface area contributed by atoms with Crippen molar-refractivity contribution in [3.05, 3.63) is 52.7 Å². The van der Waals surface area contributed by atoms with E-state index in [0.29, 0.717) is 34.2 Å². The number of carbonyl (C=O) groups excluding carboxylic acids is 1. The molecule has 0 aliphatic rings. The van der Waals surface area contributed by atoms with Gasteiger partial charge < -0.3 is 14.8 Å². The monoisotopic (exact) mass is 394 g/mol. The second-order valence-electron chi connectivity index (χ2n) is 6.26. The van der Waals surface area contributed by atoms with Crippen LogP contribution in [0.1, 0.15) is 5.82 Å². The average Bonchev–Trinajstić information content (AvgIpc) is 3.13. The van der Waals surface area contributed by atoms with Crippen LogP contribution in [-0.2, 0) is 11.3 Å². The first-order valence-electron chi connectivity index (χ1n) is 8.74. The first-order chi connectivity index (χ1) is 14.0. The minimum atomic E-state index is -0.423. The van der Waals surface area contributed by atoms with E-state index in [0.717, 1.165) is 0 Å². The molecule has 3 aromatic heterocycles. The summed E-state index contributed by atoms with van der Waals surface area (Å²) >= 11 is 0. The lowest BCUT2D eigenvalue weighted by Crippen LogP contribution is -2.29. The molecule has 1 N–H and O–H groups in total. The zero-order valence-electron chi connectivity index (χ0n) is 16.0. The van der Waals surface area contributed by atoms with Crippen molar-refractivity contribution in [2.24, 2.45) is 0 Å². The van der Waals surface area contributed by atoms with Crippen LogP contribution in [0.3, 0.4) is 0 Å². The van der Waals surface area contributed by atoms with E-state index in [2.05, 4.69) is 20.5 Å². The Labute approximate surface area is 164 Å². The van der Waals surface area contributed by atoms with Crippen molar-refractivity contribution in [1.29, 1.82) is 0 Å². The summed E-state index contributed by atoms with van der Waals surface area (Å²) in [5.74, 6) is 1.19. The molecule has 0 aliphatic heterocycles. The summed E-state index contributed by atoms with van der Waals surface area (Å²) in [5, 5.41) is 10.7. The normalized spacial score (nSPS) is 11.0. The van der Waals surface area contributed by atoms with Crippen LogP contribution < -0.4 is 20.3 Å². The number of nitrogens with zero attached hydrogens (tertiary/aromatic N) is 5. The summed E-state index contributed by atoms with van der Waals surface area (Å²) in [4.78, 5) is 29.9. The molecule has 0 spiro atoms. The quantitative estimate of drug-likeness (QED) is 0.544. The lowest BCUT2D eigenvalue weighted by atomic mass is 10.2. The lowest BCUT2D eigenvalue weighted by molar-refractivity contribution is -0.116. The van der Waals surface area contributed by atoms with Crippen LogP contribution in [-0.4, -0.2) is 44.3 Å². The minimum Gasteiger partial charge on any atom is -0.493 e. The zero-order valence-corrected chi connectivity index (χ0v) is 16.0. The van der Waals surface area contributed by atoms with Crippen LogP contribution in [0.4, 0.5) is 5.69 Å². The molecule has 0 saturated carbocycles. The van der Waals surface area contributed by atoms with Crippen molar-refractivity contribution < 1.29 is 14.3 Å². The van der Waals surface area contributed by atoms with Gasteiger partial charge in [0.2, 0.25) is 11.6 Å². The molecule has 0 aliphatic carbocycles. The minimum absolute atomic E-state index is 0.118. The summed E-state index contributed by atoms with van der Waals surface area (Å²) < 4.78 is 13.4. The number of amides is 1. The zero-order chi connectivity index (χ0) is 20.5. The highest BCUT2D eigenvalue weighted by Crippen LogP contribution is 2.29. The second kappa shape index (κ2) is 7.23. The number of fused-ring (bicyclic) bond motifs is 3. The number of hydrogen-bond acceptors (Lipinski definition) is 7. The van der Waals surface area contributed by atoms with E-state index in [1.54, 1.807) is 47.9 Å². The van der Waals surface area contributed by atoms with E-state index >= 15 is 0 Å². The Morgan fingerprint density at radius 1 is 1.10 bits per heavy atom. The van der Waals surface area contributed by atoms with Gasteiger partial charge in [0.1, 0.15) is 12.4 Å². The SMILES string of the molecule is COc1ccc(NC(=O)Cn2c(=O)c3nnc(C)n3c3ncccc32)cc1OC. The van der Waals surface area contributed by atoms with Crippen molar-refractivity contribution in [1.82, 2.24) is 24.1 Å². The first kappa shape index (κ1) is 18.4. The molecule has 10 heteroatoms. The highest BCUT2D eigenvalue weighted by atomic mass is 16.5. The third-order valence-corrected chi connectivity index (χ3v) is 4.50. The second-order valence-corrected chi connectivity index (χ2v) is 6.26. The van der Waals surface area contributed by atoms with Gasteiger partial charge in [0.25, 0.3) is 5.56 Å². The highest BCUT2D eigenvalue weighted by Gasteiger charge is 2.17. The van der Waals surface area contributed by atoms with E-state index in [1.165, 1.54) is 18.8 Å². The van der Waals surface area contributed by atoms with Gasteiger partial charge in [-0.05, 0) is 31.2 Å². The van der Waals surface area contributed by atoms with Gasteiger partial charge in [-0.2, -0.15) is 0 Å². The predicted molar refractivity (Wildman–Crippen MR) is 105 cm³/mol. The number of benzene rings is 1. The number of hydrogen-bond donors (Lipinski definition) is 1. The van der Waals surface area contributed by atoms with Crippen LogP contribution >= 0.6 is 0 Å². The maximum Gasteiger partial charge on any atom is 0.297 e. The standard InChI is InChI=1S/C19H18N6O4/c1-11-22-23-18-19(27)24(13-5-4-8-20-17(13)25(11)18)10-16(26)21-12-6-7-14(28-2)15(9-12)29-3/h4-9H,10H2,1-3H3,(H,21,26). The summed E-state index contributed by atoms with van der Waals surface area (Å²) in [6.45, 7) is 1.53. The summed E-state index contributed by atoms with van der Waals surface area (Å²) in [6, 6.07) is 8.45. The number of nitrogens with one attached hydrogen (secondary N) is 1. The third-order valence-electron chi connectivity index (χ3n) is 4.50. The Hall–Kier alpha value is -3.95. The maximum absolute atomic E-state index is 12.9. The molecule has 10 nitrogen and oxygen atoms in total. The molecule has 0 radical (unpaired) electrons. The van der Waals surface area contributed by atoms with Crippen molar-refractivity contribution in [2.45, 2.75) is 13.5 Å². The largest absolute Gasteiger partial charge is 0.493 e. The van der Waals surface area contributed by atoms with Gasteiger partial charge in [0.05, 0.1) is 19.7 Å². The van der Waals surface area contributed by atoms with E-state index in [4.69, 9.17) is 9.47 Å². The van der Waals surface area contributed by atoms with Gasteiger partial charge in [0.15, 0.2) is 17.1 Å². The van der Waals surface area contributed by atoms with Crippen LogP contribution in [0.2, 0.25) is 0 Å². The molecule has 4 aromatic rings. The molecule has 0 unspecified atom stereocenters. The average molecular weight is 394 g/mol. The molecular formula is C19H18N6O4. The topological polar surface area (TPSA) is 113 Å². The van der Waals surface area contributed by atoms with Crippen LogP contribution in [0, 0.1) is 6.92 Å². The molecule has 0 fully saturated rings. The molecule has 148 valence electrons. The van der Waals surface area contributed by atoms with Gasteiger partial charge in [-0.25, -0.2) is 4.98 Å². The molecule has 1 aromatic carbocycles. The number of methoxy groups -OCH3 is 2. The lowest BCUT2D eigenvalue weighted by Gasteiger charge is -2.13. The number of carbonyl (C=O) groups is 1. The first-order valence-corrected chi connectivity index (χ1v) is 8.74. The van der Waals surface area contributed by atoms with Crippen molar-refractivity contribution in [2.75, 3.05) is 19.5 Å². The Morgan fingerprint density at radius 2 is 1.90 bits per heavy atom. The van der Waals surface area contributed by atoms with Crippen LogP contribution in [0.15, 0.2) is 41.3 Å². The van der Waals surface area contributed by atoms with Gasteiger partial charge in [-0.15, -0.1) is 10.2 Å². The number of ether oxygens (including phenoxy) is 2. The van der Waals surface area contributed by atoms with Crippen molar-refractivity contribution in [3.63, 3.8) is 0 Å². The van der Waals surface area contributed by atoms with Crippen LogP contribution in [0.25, 0.3) is 16.8 Å². The van der Waals surface area contributed by atoms with E-state index < -0.39 is 5.56 Å².